The van der Waals surface area contributed by atoms with Crippen LogP contribution in [0.2, 0.25) is 0 Å². The van der Waals surface area contributed by atoms with Crippen molar-refractivity contribution in [3.63, 3.8) is 0 Å². The van der Waals surface area contributed by atoms with Gasteiger partial charge in [0.05, 0.1) is 28.5 Å². The predicted octanol–water partition coefficient (Wildman–Crippen LogP) is 2.45. The molecule has 0 aromatic heterocycles. The Hall–Kier alpha value is -1.98. The summed E-state index contributed by atoms with van der Waals surface area (Å²) in [5.74, 6) is -0.180. The molecule has 0 radical (unpaired) electrons. The van der Waals surface area contributed by atoms with Gasteiger partial charge in [-0.25, -0.2) is 8.42 Å². The SMILES string of the molecule is CCC1(CO)CS(=O)(=O)c2ccccc2C(c2ccccc2)=N1. The summed E-state index contributed by atoms with van der Waals surface area (Å²) in [6.45, 7) is 1.56. The highest BCUT2D eigenvalue weighted by Gasteiger charge is 2.38. The molecule has 5 heteroatoms. The van der Waals surface area contributed by atoms with Crippen molar-refractivity contribution in [2.45, 2.75) is 23.8 Å². The Balaban J connectivity index is 2.34. The Bertz CT molecular complexity index is 838. The Labute approximate surface area is 136 Å². The zero-order valence-electron chi connectivity index (χ0n) is 12.9. The maximum Gasteiger partial charge on any atom is 0.181 e. The maximum absolute atomic E-state index is 12.8. The van der Waals surface area contributed by atoms with Gasteiger partial charge in [0.1, 0.15) is 0 Å². The number of hydrogen-bond acceptors (Lipinski definition) is 4. The fraction of sp³-hybridized carbons (Fsp3) is 0.278. The van der Waals surface area contributed by atoms with E-state index in [-0.39, 0.29) is 17.3 Å². The molecule has 120 valence electrons. The van der Waals surface area contributed by atoms with Crippen molar-refractivity contribution in [1.29, 1.82) is 0 Å². The van der Waals surface area contributed by atoms with Crippen molar-refractivity contribution in [2.75, 3.05) is 12.4 Å². The Kier molecular flexibility index (Phi) is 4.08. The van der Waals surface area contributed by atoms with E-state index in [0.29, 0.717) is 17.7 Å². The van der Waals surface area contributed by atoms with Gasteiger partial charge < -0.3 is 5.11 Å². The van der Waals surface area contributed by atoms with Crippen LogP contribution in [0.1, 0.15) is 24.5 Å². The van der Waals surface area contributed by atoms with Gasteiger partial charge in [-0.05, 0) is 12.5 Å². The van der Waals surface area contributed by atoms with Gasteiger partial charge in [-0.2, -0.15) is 0 Å². The van der Waals surface area contributed by atoms with Gasteiger partial charge in [0, 0.05) is 11.1 Å². The zero-order valence-corrected chi connectivity index (χ0v) is 13.8. The first kappa shape index (κ1) is 15.9. The van der Waals surface area contributed by atoms with Crippen LogP contribution in [0.3, 0.4) is 0 Å². The third kappa shape index (κ3) is 2.82. The van der Waals surface area contributed by atoms with E-state index in [4.69, 9.17) is 4.99 Å². The summed E-state index contributed by atoms with van der Waals surface area (Å²) < 4.78 is 25.6. The largest absolute Gasteiger partial charge is 0.394 e. The average molecular weight is 329 g/mol. The minimum absolute atomic E-state index is 0.180. The number of hydrogen-bond donors (Lipinski definition) is 1. The summed E-state index contributed by atoms with van der Waals surface area (Å²) in [5, 5.41) is 9.87. The van der Waals surface area contributed by atoms with E-state index >= 15 is 0 Å². The smallest absolute Gasteiger partial charge is 0.181 e. The number of aliphatic hydroxyl groups is 1. The summed E-state index contributed by atoms with van der Waals surface area (Å²) in [5.41, 5.74) is 1.06. The average Bonchev–Trinajstić information content (AvgIpc) is 2.69. The van der Waals surface area contributed by atoms with E-state index < -0.39 is 15.4 Å². The minimum Gasteiger partial charge on any atom is -0.394 e. The monoisotopic (exact) mass is 329 g/mol. The van der Waals surface area contributed by atoms with E-state index in [2.05, 4.69) is 0 Å². The third-order valence-corrected chi connectivity index (χ3v) is 6.23. The van der Waals surface area contributed by atoms with Gasteiger partial charge in [-0.3, -0.25) is 4.99 Å². The van der Waals surface area contributed by atoms with Gasteiger partial charge in [0.2, 0.25) is 0 Å². The molecule has 1 N–H and O–H groups in total. The van der Waals surface area contributed by atoms with Gasteiger partial charge in [-0.1, -0.05) is 55.5 Å². The first-order valence-corrected chi connectivity index (χ1v) is 9.25. The van der Waals surface area contributed by atoms with Gasteiger partial charge >= 0.3 is 0 Å². The van der Waals surface area contributed by atoms with Crippen LogP contribution in [-0.4, -0.2) is 37.1 Å². The topological polar surface area (TPSA) is 66.7 Å². The summed E-state index contributed by atoms with van der Waals surface area (Å²) in [6, 6.07) is 16.4. The van der Waals surface area contributed by atoms with Crippen molar-refractivity contribution in [3.05, 3.63) is 65.7 Å². The lowest BCUT2D eigenvalue weighted by atomic mass is 9.97. The van der Waals surface area contributed by atoms with Crippen molar-refractivity contribution in [2.24, 2.45) is 4.99 Å². The second-order valence-electron chi connectivity index (χ2n) is 5.82. The zero-order chi connectivity index (χ0) is 16.5. The van der Waals surface area contributed by atoms with Gasteiger partial charge in [0.25, 0.3) is 0 Å². The van der Waals surface area contributed by atoms with Gasteiger partial charge in [-0.15, -0.1) is 0 Å². The van der Waals surface area contributed by atoms with Crippen molar-refractivity contribution in [3.8, 4) is 0 Å². The highest BCUT2D eigenvalue weighted by molar-refractivity contribution is 7.91. The Morgan fingerprint density at radius 2 is 1.74 bits per heavy atom. The molecular weight excluding hydrogens is 310 g/mol. The fourth-order valence-corrected chi connectivity index (χ4v) is 4.89. The standard InChI is InChI=1S/C18H19NO3S/c1-2-18(12-20)13-23(21,22)16-11-7-6-10-15(16)17(19-18)14-8-4-3-5-9-14/h3-11,20H,2,12-13H2,1H3. The van der Waals surface area contributed by atoms with E-state index in [1.54, 1.807) is 18.2 Å². The lowest BCUT2D eigenvalue weighted by Crippen LogP contribution is -2.38. The first-order chi connectivity index (χ1) is 11.0. The maximum atomic E-state index is 12.8. The Morgan fingerprint density at radius 1 is 1.09 bits per heavy atom. The second kappa shape index (κ2) is 5.91. The number of fused-ring (bicyclic) bond motifs is 1. The van der Waals surface area contributed by atoms with Crippen LogP contribution in [0, 0.1) is 0 Å². The molecule has 1 heterocycles. The fourth-order valence-electron chi connectivity index (χ4n) is 2.88. The van der Waals surface area contributed by atoms with E-state index in [9.17, 15) is 13.5 Å². The predicted molar refractivity (Wildman–Crippen MR) is 90.7 cm³/mol. The lowest BCUT2D eigenvalue weighted by Gasteiger charge is -2.25. The normalized spacial score (nSPS) is 22.8. The molecule has 0 spiro atoms. The van der Waals surface area contributed by atoms with E-state index in [1.807, 2.05) is 43.3 Å². The van der Waals surface area contributed by atoms with Crippen LogP contribution in [-0.2, 0) is 9.84 Å². The molecule has 3 rings (SSSR count). The summed E-state index contributed by atoms with van der Waals surface area (Å²) in [6.07, 6.45) is 0.451. The molecule has 1 aliphatic heterocycles. The van der Waals surface area contributed by atoms with Crippen LogP contribution >= 0.6 is 0 Å². The summed E-state index contributed by atoms with van der Waals surface area (Å²) in [7, 11) is -3.53. The molecule has 2 aromatic rings. The molecule has 1 unspecified atom stereocenters. The number of aliphatic imine (C=N–C) groups is 1. The molecule has 4 nitrogen and oxygen atoms in total. The van der Waals surface area contributed by atoms with Crippen LogP contribution in [0.25, 0.3) is 0 Å². The third-order valence-electron chi connectivity index (χ3n) is 4.28. The van der Waals surface area contributed by atoms with Crippen LogP contribution in [0.15, 0.2) is 64.5 Å². The first-order valence-electron chi connectivity index (χ1n) is 7.60. The number of rotatable bonds is 3. The molecule has 0 saturated carbocycles. The molecule has 1 aliphatic rings. The number of benzene rings is 2. The minimum atomic E-state index is -3.53. The summed E-state index contributed by atoms with van der Waals surface area (Å²) in [4.78, 5) is 5.02. The molecule has 1 atom stereocenters. The quantitative estimate of drug-likeness (QED) is 0.940. The molecular formula is C18H19NO3S. The number of nitrogens with zero attached hydrogens (tertiary/aromatic N) is 1. The lowest BCUT2D eigenvalue weighted by molar-refractivity contribution is 0.208. The van der Waals surface area contributed by atoms with Crippen LogP contribution in [0.4, 0.5) is 0 Å². The Morgan fingerprint density at radius 3 is 2.39 bits per heavy atom. The molecule has 0 bridgehead atoms. The number of sulfone groups is 1. The highest BCUT2D eigenvalue weighted by Crippen LogP contribution is 2.31. The van der Waals surface area contributed by atoms with E-state index in [0.717, 1.165) is 5.56 Å². The molecule has 0 saturated heterocycles. The molecule has 0 aliphatic carbocycles. The highest BCUT2D eigenvalue weighted by atomic mass is 32.2. The second-order valence-corrected chi connectivity index (χ2v) is 7.78. The summed E-state index contributed by atoms with van der Waals surface area (Å²) >= 11 is 0. The number of aliphatic hydroxyl groups excluding tert-OH is 1. The van der Waals surface area contributed by atoms with Crippen LogP contribution < -0.4 is 0 Å². The van der Waals surface area contributed by atoms with Crippen molar-refractivity contribution in [1.82, 2.24) is 0 Å². The molecule has 2 aromatic carbocycles. The van der Waals surface area contributed by atoms with Gasteiger partial charge in [0.15, 0.2) is 9.84 Å². The van der Waals surface area contributed by atoms with Crippen LogP contribution in [0.5, 0.6) is 0 Å². The van der Waals surface area contributed by atoms with Crippen molar-refractivity contribution < 1.29 is 13.5 Å². The molecule has 0 amide bonds. The molecule has 23 heavy (non-hydrogen) atoms. The van der Waals surface area contributed by atoms with Crippen molar-refractivity contribution >= 4 is 15.5 Å². The molecule has 0 fully saturated rings. The van der Waals surface area contributed by atoms with E-state index in [1.165, 1.54) is 0 Å².